The highest BCUT2D eigenvalue weighted by Gasteiger charge is 2.19. The Balaban J connectivity index is 4.43. The Morgan fingerprint density at radius 1 is 0.350 bits per heavy atom. The van der Waals surface area contributed by atoms with E-state index in [4.69, 9.17) is 14.2 Å². The van der Waals surface area contributed by atoms with Crippen molar-refractivity contribution in [2.75, 3.05) is 13.2 Å². The van der Waals surface area contributed by atoms with Gasteiger partial charge in [-0.2, -0.15) is 0 Å². The fourth-order valence-corrected chi connectivity index (χ4v) is 6.73. The van der Waals surface area contributed by atoms with E-state index in [0.29, 0.717) is 19.3 Å². The largest absolute Gasteiger partial charge is 0.462 e. The Morgan fingerprint density at radius 3 is 1.12 bits per heavy atom. The molecule has 0 amide bonds. The van der Waals surface area contributed by atoms with Crippen molar-refractivity contribution >= 4 is 17.9 Å². The van der Waals surface area contributed by atoms with Crippen LogP contribution in [-0.2, 0) is 28.6 Å². The molecule has 0 N–H and O–H groups in total. The summed E-state index contributed by atoms with van der Waals surface area (Å²) in [6, 6.07) is 0. The molecule has 0 aliphatic rings. The standard InChI is InChI=1S/C54H92O6/c1-4-7-10-13-16-19-22-25-26-27-28-30-32-35-38-41-44-47-53(56)59-50-51(49-58-52(55)46-43-40-37-34-31-24-21-18-15-12-9-6-3)60-54(57)48-45-42-39-36-33-29-23-20-17-14-11-8-5-2/h8,11,14,17-18,20-21,23,25-26,29,33,51H,4-7,9-10,12-13,15-16,19,22,24,27-28,30-32,34-50H2,1-3H3/b11-8-,17-14-,21-18-,23-20-,26-25-,33-29-. The second kappa shape index (κ2) is 48.5. The summed E-state index contributed by atoms with van der Waals surface area (Å²) in [5, 5.41) is 0. The molecule has 0 saturated carbocycles. The lowest BCUT2D eigenvalue weighted by atomic mass is 10.1. The van der Waals surface area contributed by atoms with Crippen molar-refractivity contribution in [3.8, 4) is 0 Å². The molecule has 0 radical (unpaired) electrons. The van der Waals surface area contributed by atoms with Crippen LogP contribution in [-0.4, -0.2) is 37.2 Å². The van der Waals surface area contributed by atoms with Gasteiger partial charge in [-0.05, 0) is 89.9 Å². The molecule has 0 rings (SSSR count). The summed E-state index contributed by atoms with van der Waals surface area (Å²) in [6.07, 6.45) is 60.3. The van der Waals surface area contributed by atoms with E-state index in [1.165, 1.54) is 116 Å². The average Bonchev–Trinajstić information content (AvgIpc) is 3.24. The number of carbonyl (C=O) groups excluding carboxylic acids is 3. The highest BCUT2D eigenvalue weighted by atomic mass is 16.6. The zero-order chi connectivity index (χ0) is 43.7. The third kappa shape index (κ3) is 45.9. The molecule has 0 spiro atoms. The molecule has 1 atom stereocenters. The van der Waals surface area contributed by atoms with Gasteiger partial charge in [0.2, 0.25) is 0 Å². The Kier molecular flexibility index (Phi) is 46.0. The zero-order valence-corrected chi connectivity index (χ0v) is 39.2. The summed E-state index contributed by atoms with van der Waals surface area (Å²) in [4.78, 5) is 37.9. The Bertz CT molecular complexity index is 1140. The minimum atomic E-state index is -0.799. The topological polar surface area (TPSA) is 78.9 Å². The van der Waals surface area contributed by atoms with E-state index in [2.05, 4.69) is 57.2 Å². The van der Waals surface area contributed by atoms with Gasteiger partial charge in [0.15, 0.2) is 6.10 Å². The van der Waals surface area contributed by atoms with Crippen LogP contribution in [0.2, 0.25) is 0 Å². The van der Waals surface area contributed by atoms with Crippen LogP contribution in [0.25, 0.3) is 0 Å². The maximum atomic E-state index is 12.7. The van der Waals surface area contributed by atoms with Crippen LogP contribution < -0.4 is 0 Å². The fourth-order valence-electron chi connectivity index (χ4n) is 6.73. The monoisotopic (exact) mass is 837 g/mol. The van der Waals surface area contributed by atoms with Crippen LogP contribution in [0.15, 0.2) is 72.9 Å². The number of esters is 3. The van der Waals surface area contributed by atoms with Crippen LogP contribution >= 0.6 is 0 Å². The van der Waals surface area contributed by atoms with Crippen molar-refractivity contribution in [1.82, 2.24) is 0 Å². The van der Waals surface area contributed by atoms with Gasteiger partial charge < -0.3 is 14.2 Å². The first-order valence-electron chi connectivity index (χ1n) is 25.0. The van der Waals surface area contributed by atoms with Crippen LogP contribution in [0.5, 0.6) is 0 Å². The average molecular weight is 837 g/mol. The zero-order valence-electron chi connectivity index (χ0n) is 39.2. The van der Waals surface area contributed by atoms with Gasteiger partial charge in [-0.1, -0.05) is 196 Å². The summed E-state index contributed by atoms with van der Waals surface area (Å²) in [5.74, 6) is -0.951. The molecule has 6 nitrogen and oxygen atoms in total. The lowest BCUT2D eigenvalue weighted by molar-refractivity contribution is -0.167. The van der Waals surface area contributed by atoms with Gasteiger partial charge in [0.05, 0.1) is 0 Å². The summed E-state index contributed by atoms with van der Waals surface area (Å²) >= 11 is 0. The molecule has 1 unspecified atom stereocenters. The van der Waals surface area contributed by atoms with Crippen LogP contribution in [0, 0.1) is 0 Å². The van der Waals surface area contributed by atoms with Crippen LogP contribution in [0.4, 0.5) is 0 Å². The quantitative estimate of drug-likeness (QED) is 0.0200. The molecule has 0 heterocycles. The van der Waals surface area contributed by atoms with Crippen LogP contribution in [0.3, 0.4) is 0 Å². The molecule has 0 aromatic heterocycles. The summed E-state index contributed by atoms with van der Waals surface area (Å²) in [7, 11) is 0. The molecule has 6 heteroatoms. The smallest absolute Gasteiger partial charge is 0.306 e. The number of ether oxygens (including phenoxy) is 3. The molecule has 0 aliphatic carbocycles. The molecule has 0 aliphatic heterocycles. The highest BCUT2D eigenvalue weighted by Crippen LogP contribution is 2.14. The van der Waals surface area contributed by atoms with E-state index in [-0.39, 0.29) is 37.5 Å². The van der Waals surface area contributed by atoms with Crippen molar-refractivity contribution in [1.29, 1.82) is 0 Å². The van der Waals surface area contributed by atoms with Crippen LogP contribution in [0.1, 0.15) is 233 Å². The molecule has 0 aromatic carbocycles. The highest BCUT2D eigenvalue weighted by molar-refractivity contribution is 5.71. The number of hydrogen-bond acceptors (Lipinski definition) is 6. The SMILES string of the molecule is CC\C=C/C=C\C=C/C=C\CCCCCC(=O)OC(COC(=O)CCCCCCC/C=C\CCCCC)COC(=O)CCCCCCCCC/C=C\CCCCCCCC. The Hall–Kier alpha value is -3.15. The molecule has 0 aromatic rings. The second-order valence-corrected chi connectivity index (χ2v) is 16.4. The predicted molar refractivity (Wildman–Crippen MR) is 256 cm³/mol. The molecule has 60 heavy (non-hydrogen) atoms. The molecular formula is C54H92O6. The minimum absolute atomic E-state index is 0.0965. The van der Waals surface area contributed by atoms with E-state index in [1.54, 1.807) is 0 Å². The summed E-state index contributed by atoms with van der Waals surface area (Å²) in [6.45, 7) is 6.42. The first-order valence-corrected chi connectivity index (χ1v) is 25.0. The van der Waals surface area contributed by atoms with Gasteiger partial charge >= 0.3 is 17.9 Å². The molecule has 344 valence electrons. The summed E-state index contributed by atoms with van der Waals surface area (Å²) < 4.78 is 16.7. The number of hydrogen-bond donors (Lipinski definition) is 0. The van der Waals surface area contributed by atoms with Crippen molar-refractivity contribution in [3.63, 3.8) is 0 Å². The van der Waals surface area contributed by atoms with Crippen molar-refractivity contribution in [3.05, 3.63) is 72.9 Å². The van der Waals surface area contributed by atoms with E-state index in [9.17, 15) is 14.4 Å². The van der Waals surface area contributed by atoms with Gasteiger partial charge in [-0.3, -0.25) is 14.4 Å². The van der Waals surface area contributed by atoms with Gasteiger partial charge in [0, 0.05) is 19.3 Å². The Morgan fingerprint density at radius 2 is 0.667 bits per heavy atom. The molecule has 0 saturated heterocycles. The van der Waals surface area contributed by atoms with Crippen molar-refractivity contribution in [2.24, 2.45) is 0 Å². The first kappa shape index (κ1) is 56.9. The number of rotatable bonds is 44. The minimum Gasteiger partial charge on any atom is -0.462 e. The second-order valence-electron chi connectivity index (χ2n) is 16.4. The van der Waals surface area contributed by atoms with Gasteiger partial charge in [-0.25, -0.2) is 0 Å². The lowest BCUT2D eigenvalue weighted by Crippen LogP contribution is -2.30. The number of unbranched alkanes of at least 4 members (excludes halogenated alkanes) is 24. The first-order chi connectivity index (χ1) is 29.5. The third-order valence-corrected chi connectivity index (χ3v) is 10.5. The summed E-state index contributed by atoms with van der Waals surface area (Å²) in [5.41, 5.74) is 0. The maximum Gasteiger partial charge on any atom is 0.306 e. The van der Waals surface area contributed by atoms with E-state index >= 15 is 0 Å². The number of allylic oxidation sites excluding steroid dienone is 12. The fraction of sp³-hybridized carbons (Fsp3) is 0.722. The van der Waals surface area contributed by atoms with Gasteiger partial charge in [-0.15, -0.1) is 0 Å². The van der Waals surface area contributed by atoms with Gasteiger partial charge in [0.25, 0.3) is 0 Å². The predicted octanol–water partition coefficient (Wildman–Crippen LogP) is 16.3. The number of carbonyl (C=O) groups is 3. The Labute approximate surface area is 370 Å². The molecular weight excluding hydrogens is 745 g/mol. The van der Waals surface area contributed by atoms with Crippen molar-refractivity contribution in [2.45, 2.75) is 239 Å². The molecule has 0 bridgehead atoms. The van der Waals surface area contributed by atoms with E-state index in [1.807, 2.05) is 36.5 Å². The van der Waals surface area contributed by atoms with E-state index < -0.39 is 6.10 Å². The van der Waals surface area contributed by atoms with E-state index in [0.717, 1.165) is 70.6 Å². The maximum absolute atomic E-state index is 12.7. The lowest BCUT2D eigenvalue weighted by Gasteiger charge is -2.18. The normalized spacial score (nSPS) is 12.7. The van der Waals surface area contributed by atoms with Gasteiger partial charge in [0.1, 0.15) is 13.2 Å². The third-order valence-electron chi connectivity index (χ3n) is 10.5. The molecule has 0 fully saturated rings. The van der Waals surface area contributed by atoms with Crippen molar-refractivity contribution < 1.29 is 28.6 Å².